The van der Waals surface area contributed by atoms with E-state index in [9.17, 15) is 4.79 Å². The standard InChI is InChI=1S/C6H6N4O2/c11-6(12)9-3-5-1-2-7-4-10(5)8-9/h1-4,8H,(H,11,12). The number of fused-ring (bicyclic) bond motifs is 1. The third kappa shape index (κ3) is 0.940. The first-order chi connectivity index (χ1) is 5.77. The smallest absolute Gasteiger partial charge is 0.427 e. The van der Waals surface area contributed by atoms with Gasteiger partial charge in [-0.2, -0.15) is 5.01 Å². The van der Waals surface area contributed by atoms with Gasteiger partial charge in [-0.3, -0.25) is 0 Å². The highest BCUT2D eigenvalue weighted by molar-refractivity contribution is 5.69. The van der Waals surface area contributed by atoms with Crippen molar-refractivity contribution in [3.05, 3.63) is 24.2 Å². The topological polar surface area (TPSA) is 68.2 Å². The van der Waals surface area contributed by atoms with Crippen LogP contribution in [0.5, 0.6) is 0 Å². The SMILES string of the molecule is O=C(O)N1C=C2C=CN=CN2N1. The molecule has 2 aliphatic heterocycles. The Kier molecular flexibility index (Phi) is 1.34. The van der Waals surface area contributed by atoms with E-state index in [0.717, 1.165) is 10.7 Å². The summed E-state index contributed by atoms with van der Waals surface area (Å²) in [5.41, 5.74) is 3.31. The molecule has 0 spiro atoms. The molecule has 2 N–H and O–H groups in total. The first kappa shape index (κ1) is 6.86. The summed E-state index contributed by atoms with van der Waals surface area (Å²) in [7, 11) is 0. The molecule has 0 aromatic rings. The van der Waals surface area contributed by atoms with E-state index in [2.05, 4.69) is 10.5 Å². The number of hydrogen-bond donors (Lipinski definition) is 2. The summed E-state index contributed by atoms with van der Waals surface area (Å²) in [5.74, 6) is 0. The fraction of sp³-hybridized carbons (Fsp3) is 0. The van der Waals surface area contributed by atoms with Crippen LogP contribution in [0.4, 0.5) is 4.79 Å². The van der Waals surface area contributed by atoms with Crippen LogP contribution in [0.25, 0.3) is 0 Å². The molecule has 6 heteroatoms. The van der Waals surface area contributed by atoms with E-state index in [4.69, 9.17) is 5.11 Å². The molecule has 0 radical (unpaired) electrons. The molecule has 0 aromatic heterocycles. The number of rotatable bonds is 0. The van der Waals surface area contributed by atoms with Gasteiger partial charge in [0.2, 0.25) is 0 Å². The second kappa shape index (κ2) is 2.35. The fourth-order valence-corrected chi connectivity index (χ4v) is 0.936. The summed E-state index contributed by atoms with van der Waals surface area (Å²) in [6, 6.07) is 0. The monoisotopic (exact) mass is 166 g/mol. The lowest BCUT2D eigenvalue weighted by Crippen LogP contribution is -2.42. The summed E-state index contributed by atoms with van der Waals surface area (Å²) >= 11 is 0. The molecular weight excluding hydrogens is 160 g/mol. The van der Waals surface area contributed by atoms with E-state index < -0.39 is 6.09 Å². The van der Waals surface area contributed by atoms with Crippen LogP contribution in [0.1, 0.15) is 0 Å². The maximum Gasteiger partial charge on any atom is 0.427 e. The molecule has 2 heterocycles. The van der Waals surface area contributed by atoms with Crippen molar-refractivity contribution in [3.8, 4) is 0 Å². The summed E-state index contributed by atoms with van der Waals surface area (Å²) in [6.07, 6.45) is 5.20. The average molecular weight is 166 g/mol. The van der Waals surface area contributed by atoms with Crippen molar-refractivity contribution in [1.29, 1.82) is 0 Å². The molecule has 0 atom stereocenters. The summed E-state index contributed by atoms with van der Waals surface area (Å²) in [6.45, 7) is 0. The Hall–Kier alpha value is -1.82. The number of nitrogens with zero attached hydrogens (tertiary/aromatic N) is 3. The molecule has 62 valence electrons. The van der Waals surface area contributed by atoms with Crippen LogP contribution in [0, 0.1) is 0 Å². The predicted molar refractivity (Wildman–Crippen MR) is 40.6 cm³/mol. The van der Waals surface area contributed by atoms with Crippen molar-refractivity contribution < 1.29 is 9.90 Å². The third-order valence-corrected chi connectivity index (χ3v) is 1.47. The van der Waals surface area contributed by atoms with Crippen LogP contribution in [-0.4, -0.2) is 27.6 Å². The molecule has 12 heavy (non-hydrogen) atoms. The van der Waals surface area contributed by atoms with Gasteiger partial charge in [-0.25, -0.2) is 14.8 Å². The molecule has 6 nitrogen and oxygen atoms in total. The number of hydrazine groups is 2. The fourth-order valence-electron chi connectivity index (χ4n) is 0.936. The van der Waals surface area contributed by atoms with Gasteiger partial charge in [0.05, 0.1) is 11.9 Å². The molecule has 0 fully saturated rings. The lowest BCUT2D eigenvalue weighted by Gasteiger charge is -2.17. The largest absolute Gasteiger partial charge is 0.464 e. The number of hydrogen-bond acceptors (Lipinski definition) is 4. The van der Waals surface area contributed by atoms with Crippen molar-refractivity contribution in [2.75, 3.05) is 0 Å². The van der Waals surface area contributed by atoms with E-state index in [1.54, 1.807) is 12.3 Å². The normalized spacial score (nSPS) is 19.5. The Morgan fingerprint density at radius 1 is 1.67 bits per heavy atom. The van der Waals surface area contributed by atoms with Crippen molar-refractivity contribution in [3.63, 3.8) is 0 Å². The summed E-state index contributed by atoms with van der Waals surface area (Å²) in [5, 5.41) is 11.0. The highest BCUT2D eigenvalue weighted by Crippen LogP contribution is 2.13. The van der Waals surface area contributed by atoms with Gasteiger partial charge < -0.3 is 5.11 Å². The molecule has 0 aromatic carbocycles. The van der Waals surface area contributed by atoms with Crippen LogP contribution in [0.3, 0.4) is 0 Å². The lowest BCUT2D eigenvalue weighted by atomic mass is 10.4. The first-order valence-corrected chi connectivity index (χ1v) is 3.27. The molecule has 0 saturated heterocycles. The van der Waals surface area contributed by atoms with Gasteiger partial charge in [-0.05, 0) is 6.08 Å². The molecule has 0 aliphatic carbocycles. The van der Waals surface area contributed by atoms with Crippen molar-refractivity contribution in [2.24, 2.45) is 4.99 Å². The summed E-state index contributed by atoms with van der Waals surface area (Å²) in [4.78, 5) is 14.3. The van der Waals surface area contributed by atoms with Gasteiger partial charge in [-0.1, -0.05) is 0 Å². The minimum Gasteiger partial charge on any atom is -0.464 e. The van der Waals surface area contributed by atoms with E-state index >= 15 is 0 Å². The lowest BCUT2D eigenvalue weighted by molar-refractivity contribution is 0.128. The Bertz CT molecular complexity index is 307. The third-order valence-electron chi connectivity index (χ3n) is 1.47. The zero-order chi connectivity index (χ0) is 8.55. The van der Waals surface area contributed by atoms with E-state index in [1.807, 2.05) is 0 Å². The number of carboxylic acid groups (broad SMARTS) is 1. The van der Waals surface area contributed by atoms with Gasteiger partial charge in [0.1, 0.15) is 6.34 Å². The van der Waals surface area contributed by atoms with Gasteiger partial charge in [0.25, 0.3) is 0 Å². The molecule has 2 aliphatic rings. The highest BCUT2D eigenvalue weighted by Gasteiger charge is 2.22. The van der Waals surface area contributed by atoms with Crippen LogP contribution >= 0.6 is 0 Å². The van der Waals surface area contributed by atoms with Gasteiger partial charge >= 0.3 is 6.09 Å². The Balaban J connectivity index is 2.23. The molecule has 0 saturated carbocycles. The number of allylic oxidation sites excluding steroid dienone is 1. The van der Waals surface area contributed by atoms with E-state index in [1.165, 1.54) is 17.5 Å². The molecule has 2 rings (SSSR count). The Labute approximate surface area is 68.0 Å². The van der Waals surface area contributed by atoms with Crippen molar-refractivity contribution in [1.82, 2.24) is 15.6 Å². The first-order valence-electron chi connectivity index (χ1n) is 3.27. The van der Waals surface area contributed by atoms with Crippen molar-refractivity contribution >= 4 is 12.4 Å². The average Bonchev–Trinajstić information content (AvgIpc) is 2.46. The molecular formula is C6H6N4O2. The maximum atomic E-state index is 10.5. The Morgan fingerprint density at radius 3 is 3.17 bits per heavy atom. The van der Waals surface area contributed by atoms with E-state index in [0.29, 0.717) is 0 Å². The maximum absolute atomic E-state index is 10.5. The minimum atomic E-state index is -1.06. The Morgan fingerprint density at radius 2 is 2.50 bits per heavy atom. The predicted octanol–water partition coefficient (Wildman–Crippen LogP) is 0.0986. The van der Waals surface area contributed by atoms with Crippen LogP contribution in [0.2, 0.25) is 0 Å². The molecule has 1 amide bonds. The van der Waals surface area contributed by atoms with Gasteiger partial charge in [0, 0.05) is 6.20 Å². The number of nitrogens with one attached hydrogen (secondary N) is 1. The minimum absolute atomic E-state index is 0.743. The zero-order valence-corrected chi connectivity index (χ0v) is 6.01. The van der Waals surface area contributed by atoms with Gasteiger partial charge in [-0.15, -0.1) is 5.53 Å². The van der Waals surface area contributed by atoms with Crippen LogP contribution in [0.15, 0.2) is 29.2 Å². The second-order valence-electron chi connectivity index (χ2n) is 2.26. The van der Waals surface area contributed by atoms with Crippen LogP contribution in [-0.2, 0) is 0 Å². The van der Waals surface area contributed by atoms with Crippen molar-refractivity contribution in [2.45, 2.75) is 0 Å². The van der Waals surface area contributed by atoms with Gasteiger partial charge in [0.15, 0.2) is 0 Å². The zero-order valence-electron chi connectivity index (χ0n) is 6.01. The second-order valence-corrected chi connectivity index (χ2v) is 2.26. The summed E-state index contributed by atoms with van der Waals surface area (Å²) < 4.78 is 0. The molecule has 0 unspecified atom stereocenters. The molecule has 0 bridgehead atoms. The van der Waals surface area contributed by atoms with E-state index in [-0.39, 0.29) is 0 Å². The number of aliphatic imine (C=N–C) groups is 1. The highest BCUT2D eigenvalue weighted by atomic mass is 16.4. The quantitative estimate of drug-likeness (QED) is 0.535. The van der Waals surface area contributed by atoms with Crippen LogP contribution < -0.4 is 5.53 Å². The number of carbonyl (C=O) groups is 1. The number of amides is 1.